The second-order valence-corrected chi connectivity index (χ2v) is 22.4. The Balaban J connectivity index is 0.979. The predicted octanol–water partition coefficient (Wildman–Crippen LogP) is 15.3. The fraction of sp³-hybridized carbons (Fsp3) is 0.0476. The molecule has 2 aliphatic rings. The van der Waals surface area contributed by atoms with E-state index in [1.54, 1.807) is 0 Å². The van der Waals surface area contributed by atoms with E-state index in [-0.39, 0.29) is 0 Å². The third-order valence-corrected chi connectivity index (χ3v) is 17.8. The highest BCUT2D eigenvalue weighted by molar-refractivity contribution is 7.03. The summed E-state index contributed by atoms with van der Waals surface area (Å²) in [6, 6.07) is 92.3. The second kappa shape index (κ2) is 15.5. The monoisotopic (exact) mass is 845 g/mol. The van der Waals surface area contributed by atoms with E-state index < -0.39 is 13.5 Å². The molecule has 0 bridgehead atoms. The van der Waals surface area contributed by atoms with Crippen molar-refractivity contribution in [2.24, 2.45) is 0 Å². The van der Waals surface area contributed by atoms with E-state index in [1.165, 1.54) is 88.3 Å². The van der Waals surface area contributed by atoms with Crippen LogP contribution in [0.5, 0.6) is 0 Å². The van der Waals surface area contributed by atoms with Gasteiger partial charge in [-0.1, -0.05) is 213 Å². The van der Waals surface area contributed by atoms with Crippen LogP contribution in [0.4, 0.5) is 17.1 Å². The van der Waals surface area contributed by atoms with Gasteiger partial charge in [-0.3, -0.25) is 0 Å². The van der Waals surface area contributed by atoms with Gasteiger partial charge in [-0.15, -0.1) is 0 Å². The number of nitrogens with zero attached hydrogens (tertiary/aromatic N) is 1. The van der Waals surface area contributed by atoms with Gasteiger partial charge < -0.3 is 4.90 Å². The van der Waals surface area contributed by atoms with E-state index in [0.29, 0.717) is 0 Å². The zero-order chi connectivity index (χ0) is 43.5. The quantitative estimate of drug-likeness (QED) is 0.138. The number of hydrogen-bond donors (Lipinski definition) is 0. The third-order valence-electron chi connectivity index (χ3n) is 14.2. The lowest BCUT2D eigenvalue weighted by Crippen LogP contribution is -2.49. The van der Waals surface area contributed by atoms with Crippen LogP contribution in [-0.2, 0) is 5.41 Å². The van der Waals surface area contributed by atoms with Crippen molar-refractivity contribution < 1.29 is 0 Å². The fourth-order valence-electron chi connectivity index (χ4n) is 11.0. The Morgan fingerprint density at radius 2 is 0.723 bits per heavy atom. The molecule has 2 heteroatoms. The van der Waals surface area contributed by atoms with Gasteiger partial charge in [0.1, 0.15) is 8.07 Å². The molecule has 1 unspecified atom stereocenters. The molecule has 0 saturated heterocycles. The van der Waals surface area contributed by atoms with Gasteiger partial charge in [0.15, 0.2) is 0 Å². The Labute approximate surface area is 383 Å². The van der Waals surface area contributed by atoms with Gasteiger partial charge in [-0.05, 0) is 137 Å². The number of rotatable bonds is 8. The Morgan fingerprint density at radius 3 is 1.31 bits per heavy atom. The number of hydrogen-bond acceptors (Lipinski definition) is 1. The van der Waals surface area contributed by atoms with E-state index in [0.717, 1.165) is 17.1 Å². The van der Waals surface area contributed by atoms with Crippen LogP contribution in [0.25, 0.3) is 55.6 Å². The number of fused-ring (bicyclic) bond motifs is 6. The molecule has 0 N–H and O–H groups in total. The SMILES string of the molecule is C[Si]1(C)c2ccccc2-c2cc(C3(c4ccccc4)c4ccccc4-c4ccc(-c5ccc(N(c6ccc(-c7ccccc7)cc6)c6ccc(-c7ccccc7)cc6)cc5)cc43)ccc21. The summed E-state index contributed by atoms with van der Waals surface area (Å²) >= 11 is 0. The molecule has 0 fully saturated rings. The number of benzene rings is 10. The van der Waals surface area contributed by atoms with Crippen LogP contribution >= 0.6 is 0 Å². The van der Waals surface area contributed by atoms with E-state index in [4.69, 9.17) is 0 Å². The molecule has 1 atom stereocenters. The predicted molar refractivity (Wildman–Crippen MR) is 277 cm³/mol. The smallest absolute Gasteiger partial charge is 0.113 e. The van der Waals surface area contributed by atoms with Gasteiger partial charge in [0.05, 0.1) is 5.41 Å². The van der Waals surface area contributed by atoms with Gasteiger partial charge in [0.25, 0.3) is 0 Å². The van der Waals surface area contributed by atoms with Gasteiger partial charge in [0, 0.05) is 17.1 Å². The molecule has 10 aromatic carbocycles. The summed E-state index contributed by atoms with van der Waals surface area (Å²) < 4.78 is 0. The van der Waals surface area contributed by atoms with Gasteiger partial charge >= 0.3 is 0 Å². The van der Waals surface area contributed by atoms with Crippen LogP contribution in [0.1, 0.15) is 22.3 Å². The molecule has 10 aromatic rings. The first-order valence-electron chi connectivity index (χ1n) is 22.7. The average Bonchev–Trinajstić information content (AvgIpc) is 3.80. The van der Waals surface area contributed by atoms with Gasteiger partial charge in [0.2, 0.25) is 0 Å². The minimum atomic E-state index is -1.84. The largest absolute Gasteiger partial charge is 0.311 e. The van der Waals surface area contributed by atoms with Crippen molar-refractivity contribution in [1.29, 1.82) is 0 Å². The molecule has 1 aliphatic carbocycles. The summed E-state index contributed by atoms with van der Waals surface area (Å²) in [5.41, 5.74) is 20.7. The highest BCUT2D eigenvalue weighted by Gasteiger charge is 2.47. The van der Waals surface area contributed by atoms with Crippen LogP contribution < -0.4 is 15.3 Å². The standard InChI is InChI=1S/C63H47NSi/c1-65(2)61-25-15-13-23-57(61)58-43-51(33-41-62(58)65)63(50-20-10-5-11-21-50)59-24-14-12-22-55(59)56-40-32-49(42-60(56)63)48-30-38-54(39-31-48)64(52-34-26-46(27-35-52)44-16-6-3-7-17-44)53-36-28-47(29-37-53)45-18-8-4-9-19-45/h3-43H,1-2H3. The summed E-state index contributed by atoms with van der Waals surface area (Å²) in [6.45, 7) is 5.01. The first-order valence-corrected chi connectivity index (χ1v) is 25.7. The van der Waals surface area contributed by atoms with Crippen molar-refractivity contribution >= 4 is 35.5 Å². The van der Waals surface area contributed by atoms with Crippen LogP contribution in [0, 0.1) is 0 Å². The molecule has 1 heterocycles. The van der Waals surface area contributed by atoms with E-state index in [9.17, 15) is 0 Å². The normalized spacial score (nSPS) is 15.1. The third kappa shape index (κ3) is 6.28. The molecule has 308 valence electrons. The topological polar surface area (TPSA) is 3.24 Å². The van der Waals surface area contributed by atoms with Crippen LogP contribution in [-0.4, -0.2) is 8.07 Å². The van der Waals surface area contributed by atoms with E-state index in [2.05, 4.69) is 267 Å². The highest BCUT2D eigenvalue weighted by atomic mass is 28.3. The van der Waals surface area contributed by atoms with Crippen LogP contribution in [0.15, 0.2) is 249 Å². The molecule has 0 aromatic heterocycles. The number of anilines is 3. The lowest BCUT2D eigenvalue weighted by molar-refractivity contribution is 0.769. The minimum absolute atomic E-state index is 0.504. The maximum absolute atomic E-state index is 2.55. The van der Waals surface area contributed by atoms with Crippen LogP contribution in [0.3, 0.4) is 0 Å². The van der Waals surface area contributed by atoms with Gasteiger partial charge in [-0.2, -0.15) is 0 Å². The molecular weight excluding hydrogens is 799 g/mol. The first-order chi connectivity index (χ1) is 32.0. The highest BCUT2D eigenvalue weighted by Crippen LogP contribution is 2.57. The molecule has 12 rings (SSSR count). The molecular formula is C63H47NSi. The molecule has 0 amide bonds. The second-order valence-electron chi connectivity index (χ2n) is 18.1. The average molecular weight is 846 g/mol. The Morgan fingerprint density at radius 1 is 0.292 bits per heavy atom. The lowest BCUT2D eigenvalue weighted by Gasteiger charge is -2.34. The van der Waals surface area contributed by atoms with Crippen molar-refractivity contribution in [1.82, 2.24) is 0 Å². The Kier molecular flexibility index (Phi) is 9.26. The summed E-state index contributed by atoms with van der Waals surface area (Å²) in [4.78, 5) is 2.36. The summed E-state index contributed by atoms with van der Waals surface area (Å²) in [5, 5.41) is 3.06. The van der Waals surface area contributed by atoms with Gasteiger partial charge in [-0.25, -0.2) is 0 Å². The maximum Gasteiger partial charge on any atom is 0.113 e. The van der Waals surface area contributed by atoms with Crippen molar-refractivity contribution in [3.8, 4) is 55.6 Å². The minimum Gasteiger partial charge on any atom is -0.311 e. The summed E-state index contributed by atoms with van der Waals surface area (Å²) in [7, 11) is -1.84. The lowest BCUT2D eigenvalue weighted by atomic mass is 9.67. The van der Waals surface area contributed by atoms with Crippen LogP contribution in [0.2, 0.25) is 13.1 Å². The van der Waals surface area contributed by atoms with E-state index in [1.807, 2.05) is 0 Å². The molecule has 1 nitrogen and oxygen atoms in total. The summed E-state index contributed by atoms with van der Waals surface area (Å²) in [6.07, 6.45) is 0. The summed E-state index contributed by atoms with van der Waals surface area (Å²) in [5.74, 6) is 0. The molecule has 0 saturated carbocycles. The first kappa shape index (κ1) is 38.9. The van der Waals surface area contributed by atoms with Crippen molar-refractivity contribution in [2.45, 2.75) is 18.5 Å². The zero-order valence-corrected chi connectivity index (χ0v) is 37.6. The fourth-order valence-corrected chi connectivity index (χ4v) is 14.1. The van der Waals surface area contributed by atoms with E-state index >= 15 is 0 Å². The molecule has 0 spiro atoms. The zero-order valence-electron chi connectivity index (χ0n) is 36.6. The van der Waals surface area contributed by atoms with Crippen molar-refractivity contribution in [3.05, 3.63) is 271 Å². The molecule has 65 heavy (non-hydrogen) atoms. The maximum atomic E-state index is 2.55. The Hall–Kier alpha value is -7.78. The van der Waals surface area contributed by atoms with Crippen molar-refractivity contribution in [2.75, 3.05) is 4.90 Å². The molecule has 1 aliphatic heterocycles. The van der Waals surface area contributed by atoms with Crippen molar-refractivity contribution in [3.63, 3.8) is 0 Å². The Bertz CT molecular complexity index is 3270. The molecule has 0 radical (unpaired) electrons.